The third-order valence-corrected chi connectivity index (χ3v) is 4.53. The van der Waals surface area contributed by atoms with E-state index in [9.17, 15) is 4.79 Å². The monoisotopic (exact) mass is 360 g/mol. The van der Waals surface area contributed by atoms with E-state index in [0.717, 1.165) is 16.7 Å². The third-order valence-electron chi connectivity index (χ3n) is 4.53. The van der Waals surface area contributed by atoms with Gasteiger partial charge in [-0.2, -0.15) is 0 Å². The van der Waals surface area contributed by atoms with Crippen LogP contribution < -0.4 is 0 Å². The topological polar surface area (TPSA) is 35.5 Å². The van der Waals surface area contributed by atoms with Crippen LogP contribution >= 0.6 is 0 Å². The summed E-state index contributed by atoms with van der Waals surface area (Å²) in [5.41, 5.74) is 6.41. The SMILES string of the molecule is Cc1ccc(-c2ccc(C(=O)OCCOCc3ccccc3)cc2)cc1C. The van der Waals surface area contributed by atoms with Gasteiger partial charge in [0.1, 0.15) is 6.61 Å². The number of rotatable bonds is 7. The minimum atomic E-state index is -0.329. The van der Waals surface area contributed by atoms with Crippen molar-refractivity contribution in [2.75, 3.05) is 13.2 Å². The molecule has 0 aliphatic heterocycles. The molecule has 138 valence electrons. The summed E-state index contributed by atoms with van der Waals surface area (Å²) in [4.78, 5) is 12.1. The molecule has 0 fully saturated rings. The lowest BCUT2D eigenvalue weighted by molar-refractivity contribution is 0.0288. The highest BCUT2D eigenvalue weighted by Gasteiger charge is 2.08. The zero-order chi connectivity index (χ0) is 19.1. The van der Waals surface area contributed by atoms with E-state index in [1.165, 1.54) is 11.1 Å². The second-order valence-corrected chi connectivity index (χ2v) is 6.55. The number of aryl methyl sites for hydroxylation is 2. The van der Waals surface area contributed by atoms with Crippen molar-refractivity contribution in [3.63, 3.8) is 0 Å². The zero-order valence-electron chi connectivity index (χ0n) is 15.8. The van der Waals surface area contributed by atoms with Crippen molar-refractivity contribution in [3.8, 4) is 11.1 Å². The largest absolute Gasteiger partial charge is 0.460 e. The first-order valence-corrected chi connectivity index (χ1v) is 9.10. The fourth-order valence-corrected chi connectivity index (χ4v) is 2.76. The Bertz CT molecular complexity index is 883. The fraction of sp³-hybridized carbons (Fsp3) is 0.208. The number of hydrogen-bond donors (Lipinski definition) is 0. The van der Waals surface area contributed by atoms with E-state index in [2.05, 4.69) is 32.0 Å². The molecular weight excluding hydrogens is 336 g/mol. The third kappa shape index (κ3) is 5.28. The number of carbonyl (C=O) groups is 1. The summed E-state index contributed by atoms with van der Waals surface area (Å²) >= 11 is 0. The second kappa shape index (κ2) is 9.15. The Balaban J connectivity index is 1.48. The summed E-state index contributed by atoms with van der Waals surface area (Å²) in [5, 5.41) is 0. The molecule has 0 amide bonds. The molecule has 0 aliphatic carbocycles. The summed E-state index contributed by atoms with van der Waals surface area (Å²) in [6.45, 7) is 5.33. The minimum absolute atomic E-state index is 0.241. The summed E-state index contributed by atoms with van der Waals surface area (Å²) in [6.07, 6.45) is 0. The standard InChI is InChI=1S/C24H24O3/c1-18-8-9-23(16-19(18)2)21-10-12-22(13-11-21)24(25)27-15-14-26-17-20-6-4-3-5-7-20/h3-13,16H,14-15,17H2,1-2H3. The van der Waals surface area contributed by atoms with Crippen LogP contribution in [-0.4, -0.2) is 19.2 Å². The van der Waals surface area contributed by atoms with Gasteiger partial charge >= 0.3 is 5.97 Å². The van der Waals surface area contributed by atoms with E-state index >= 15 is 0 Å². The molecule has 0 radical (unpaired) electrons. The van der Waals surface area contributed by atoms with Crippen LogP contribution in [0.25, 0.3) is 11.1 Å². The Morgan fingerprint density at radius 1 is 0.778 bits per heavy atom. The van der Waals surface area contributed by atoms with Crippen molar-refractivity contribution in [1.82, 2.24) is 0 Å². The van der Waals surface area contributed by atoms with Gasteiger partial charge in [0.25, 0.3) is 0 Å². The van der Waals surface area contributed by atoms with Gasteiger partial charge in [-0.3, -0.25) is 0 Å². The lowest BCUT2D eigenvalue weighted by atomic mass is 10.00. The molecule has 0 saturated heterocycles. The van der Waals surface area contributed by atoms with Gasteiger partial charge in [-0.25, -0.2) is 4.79 Å². The number of hydrogen-bond acceptors (Lipinski definition) is 3. The molecule has 0 unspecified atom stereocenters. The van der Waals surface area contributed by atoms with Gasteiger partial charge in [0.2, 0.25) is 0 Å². The average molecular weight is 360 g/mol. The van der Waals surface area contributed by atoms with E-state index in [1.807, 2.05) is 42.5 Å². The maximum absolute atomic E-state index is 12.1. The number of carbonyl (C=O) groups excluding carboxylic acids is 1. The molecule has 3 nitrogen and oxygen atoms in total. The van der Waals surface area contributed by atoms with E-state index in [0.29, 0.717) is 18.8 Å². The summed E-state index contributed by atoms with van der Waals surface area (Å²) < 4.78 is 10.8. The first-order chi connectivity index (χ1) is 13.1. The van der Waals surface area contributed by atoms with Gasteiger partial charge in [-0.15, -0.1) is 0 Å². The molecule has 3 rings (SSSR count). The molecule has 0 spiro atoms. The molecule has 0 atom stereocenters. The van der Waals surface area contributed by atoms with Gasteiger partial charge in [-0.1, -0.05) is 60.7 Å². The molecule has 0 aliphatic rings. The maximum atomic E-state index is 12.1. The van der Waals surface area contributed by atoms with E-state index in [1.54, 1.807) is 12.1 Å². The molecule has 0 N–H and O–H groups in total. The molecule has 3 heteroatoms. The van der Waals surface area contributed by atoms with Gasteiger partial charge in [0.05, 0.1) is 18.8 Å². The van der Waals surface area contributed by atoms with Crippen LogP contribution in [0.4, 0.5) is 0 Å². The lowest BCUT2D eigenvalue weighted by Crippen LogP contribution is -2.10. The molecule has 0 saturated carbocycles. The predicted molar refractivity (Wildman–Crippen MR) is 108 cm³/mol. The van der Waals surface area contributed by atoms with Crippen LogP contribution in [0.2, 0.25) is 0 Å². The molecule has 3 aromatic rings. The summed E-state index contributed by atoms with van der Waals surface area (Å²) in [7, 11) is 0. The van der Waals surface area contributed by atoms with Crippen LogP contribution in [0.5, 0.6) is 0 Å². The molecule has 3 aromatic carbocycles. The smallest absolute Gasteiger partial charge is 0.338 e. The summed E-state index contributed by atoms with van der Waals surface area (Å²) in [6, 6.07) is 23.8. The zero-order valence-corrected chi connectivity index (χ0v) is 15.8. The van der Waals surface area contributed by atoms with Crippen molar-refractivity contribution >= 4 is 5.97 Å². The average Bonchev–Trinajstić information content (AvgIpc) is 2.70. The Morgan fingerprint density at radius 3 is 2.19 bits per heavy atom. The summed E-state index contributed by atoms with van der Waals surface area (Å²) in [5.74, 6) is -0.329. The Kier molecular flexibility index (Phi) is 6.39. The minimum Gasteiger partial charge on any atom is -0.460 e. The molecular formula is C24H24O3. The van der Waals surface area contributed by atoms with Gasteiger partial charge < -0.3 is 9.47 Å². The van der Waals surface area contributed by atoms with Crippen LogP contribution in [0, 0.1) is 13.8 Å². The van der Waals surface area contributed by atoms with Gasteiger partial charge in [-0.05, 0) is 53.8 Å². The van der Waals surface area contributed by atoms with Crippen molar-refractivity contribution < 1.29 is 14.3 Å². The normalized spacial score (nSPS) is 10.6. The van der Waals surface area contributed by atoms with Crippen molar-refractivity contribution in [2.45, 2.75) is 20.5 Å². The predicted octanol–water partition coefficient (Wildman–Crippen LogP) is 5.34. The fourth-order valence-electron chi connectivity index (χ4n) is 2.76. The van der Waals surface area contributed by atoms with E-state index < -0.39 is 0 Å². The van der Waals surface area contributed by atoms with Crippen LogP contribution in [-0.2, 0) is 16.1 Å². The molecule has 0 bridgehead atoms. The molecule has 27 heavy (non-hydrogen) atoms. The number of benzene rings is 3. The molecule has 0 aromatic heterocycles. The van der Waals surface area contributed by atoms with Gasteiger partial charge in [0, 0.05) is 0 Å². The van der Waals surface area contributed by atoms with Crippen LogP contribution in [0.1, 0.15) is 27.0 Å². The van der Waals surface area contributed by atoms with E-state index in [4.69, 9.17) is 9.47 Å². The van der Waals surface area contributed by atoms with Crippen molar-refractivity contribution in [3.05, 3.63) is 95.1 Å². The highest BCUT2D eigenvalue weighted by atomic mass is 16.6. The Hall–Kier alpha value is -2.91. The van der Waals surface area contributed by atoms with Crippen molar-refractivity contribution in [2.24, 2.45) is 0 Å². The maximum Gasteiger partial charge on any atom is 0.338 e. The quantitative estimate of drug-likeness (QED) is 0.421. The first kappa shape index (κ1) is 18.9. The first-order valence-electron chi connectivity index (χ1n) is 9.10. The van der Waals surface area contributed by atoms with Gasteiger partial charge in [0.15, 0.2) is 0 Å². The second-order valence-electron chi connectivity index (χ2n) is 6.55. The van der Waals surface area contributed by atoms with Crippen molar-refractivity contribution in [1.29, 1.82) is 0 Å². The van der Waals surface area contributed by atoms with E-state index in [-0.39, 0.29) is 12.6 Å². The number of esters is 1. The van der Waals surface area contributed by atoms with Crippen LogP contribution in [0.3, 0.4) is 0 Å². The highest BCUT2D eigenvalue weighted by molar-refractivity contribution is 5.90. The Labute approximate surface area is 160 Å². The lowest BCUT2D eigenvalue weighted by Gasteiger charge is -2.08. The number of ether oxygens (including phenoxy) is 2. The molecule has 0 heterocycles. The van der Waals surface area contributed by atoms with Crippen LogP contribution in [0.15, 0.2) is 72.8 Å². The Morgan fingerprint density at radius 2 is 1.48 bits per heavy atom. The highest BCUT2D eigenvalue weighted by Crippen LogP contribution is 2.22.